The van der Waals surface area contributed by atoms with E-state index in [-0.39, 0.29) is 11.4 Å². The van der Waals surface area contributed by atoms with Crippen molar-refractivity contribution in [2.24, 2.45) is 11.8 Å². The van der Waals surface area contributed by atoms with E-state index in [0.717, 1.165) is 23.0 Å². The Hall–Kier alpha value is -0.410. The van der Waals surface area contributed by atoms with Gasteiger partial charge in [0.2, 0.25) is 0 Å². The topological polar surface area (TPSA) is 12.0 Å². The van der Waals surface area contributed by atoms with Gasteiger partial charge in [0.1, 0.15) is 5.82 Å². The minimum absolute atomic E-state index is 0.117. The molecule has 0 aliphatic heterocycles. The van der Waals surface area contributed by atoms with Crippen LogP contribution >= 0.6 is 15.9 Å². The van der Waals surface area contributed by atoms with Gasteiger partial charge in [-0.15, -0.1) is 0 Å². The monoisotopic (exact) mass is 329 g/mol. The fraction of sp³-hybridized carbons (Fsp3) is 0.625. The highest BCUT2D eigenvalue weighted by atomic mass is 79.9. The Morgan fingerprint density at radius 2 is 1.89 bits per heavy atom. The maximum Gasteiger partial charge on any atom is 0.123 e. The summed E-state index contributed by atoms with van der Waals surface area (Å²) in [5, 5.41) is 3.55. The third kappa shape index (κ3) is 6.05. The van der Waals surface area contributed by atoms with Crippen molar-refractivity contribution in [3.63, 3.8) is 0 Å². The average Bonchev–Trinajstić information content (AvgIpc) is 2.27. The Balaban J connectivity index is 2.75. The second-order valence-electron chi connectivity index (χ2n) is 6.57. The Morgan fingerprint density at radius 1 is 1.26 bits per heavy atom. The first-order valence-corrected chi connectivity index (χ1v) is 7.67. The van der Waals surface area contributed by atoms with Gasteiger partial charge in [-0.1, -0.05) is 29.8 Å². The van der Waals surface area contributed by atoms with E-state index in [1.165, 1.54) is 6.07 Å². The van der Waals surface area contributed by atoms with Gasteiger partial charge in [0.25, 0.3) is 0 Å². The molecule has 0 bridgehead atoms. The second kappa shape index (κ2) is 6.85. The lowest BCUT2D eigenvalue weighted by Gasteiger charge is -2.28. The number of hydrogen-bond donors (Lipinski definition) is 1. The van der Waals surface area contributed by atoms with Gasteiger partial charge in [-0.25, -0.2) is 4.39 Å². The first-order chi connectivity index (χ1) is 8.69. The van der Waals surface area contributed by atoms with E-state index in [1.807, 2.05) is 0 Å². The van der Waals surface area contributed by atoms with Gasteiger partial charge in [-0.3, -0.25) is 0 Å². The number of halogens is 2. The van der Waals surface area contributed by atoms with Crippen molar-refractivity contribution in [2.75, 3.05) is 6.54 Å². The van der Waals surface area contributed by atoms with E-state index in [0.29, 0.717) is 11.8 Å². The van der Waals surface area contributed by atoms with Gasteiger partial charge in [-0.05, 0) is 69.3 Å². The Bertz CT molecular complexity index is 410. The summed E-state index contributed by atoms with van der Waals surface area (Å²) in [6.45, 7) is 11.9. The summed E-state index contributed by atoms with van der Waals surface area (Å²) in [5.41, 5.74) is 1.17. The smallest absolute Gasteiger partial charge is 0.123 e. The number of benzene rings is 1. The summed E-state index contributed by atoms with van der Waals surface area (Å²) in [4.78, 5) is 0. The highest BCUT2D eigenvalue weighted by molar-refractivity contribution is 9.10. The lowest BCUT2D eigenvalue weighted by molar-refractivity contribution is 0.312. The molecule has 1 nitrogen and oxygen atoms in total. The third-order valence-electron chi connectivity index (χ3n) is 3.33. The van der Waals surface area contributed by atoms with Crippen molar-refractivity contribution in [1.29, 1.82) is 0 Å². The molecule has 1 atom stereocenters. The van der Waals surface area contributed by atoms with Crippen LogP contribution in [0.4, 0.5) is 4.39 Å². The first-order valence-electron chi connectivity index (χ1n) is 6.88. The van der Waals surface area contributed by atoms with Gasteiger partial charge in [-0.2, -0.15) is 0 Å². The molecule has 0 saturated carbocycles. The molecule has 0 aromatic heterocycles. The summed E-state index contributed by atoms with van der Waals surface area (Å²) >= 11 is 3.51. The summed E-state index contributed by atoms with van der Waals surface area (Å²) < 4.78 is 14.3. The van der Waals surface area contributed by atoms with Crippen molar-refractivity contribution >= 4 is 15.9 Å². The predicted molar refractivity (Wildman–Crippen MR) is 83.9 cm³/mol. The van der Waals surface area contributed by atoms with Crippen LogP contribution in [0.5, 0.6) is 0 Å². The zero-order valence-electron chi connectivity index (χ0n) is 12.6. The molecule has 0 saturated heterocycles. The Kier molecular flexibility index (Phi) is 6.00. The van der Waals surface area contributed by atoms with Crippen molar-refractivity contribution < 1.29 is 4.39 Å². The van der Waals surface area contributed by atoms with Gasteiger partial charge < -0.3 is 5.32 Å². The molecular formula is C16H25BrFN. The third-order valence-corrected chi connectivity index (χ3v) is 4.10. The van der Waals surface area contributed by atoms with E-state index >= 15 is 0 Å². The summed E-state index contributed by atoms with van der Waals surface area (Å²) in [6, 6.07) is 4.92. The molecule has 1 rings (SSSR count). The number of nitrogens with one attached hydrogen (secondary N) is 1. The average molecular weight is 330 g/mol. The summed E-state index contributed by atoms with van der Waals surface area (Å²) in [5.74, 6) is 0.895. The maximum absolute atomic E-state index is 13.3. The van der Waals surface area contributed by atoms with Gasteiger partial charge in [0.05, 0.1) is 0 Å². The predicted octanol–water partition coefficient (Wildman–Crippen LogP) is 4.79. The first kappa shape index (κ1) is 16.6. The van der Waals surface area contributed by atoms with Crippen LogP contribution in [0.2, 0.25) is 0 Å². The van der Waals surface area contributed by atoms with E-state index in [1.54, 1.807) is 12.1 Å². The largest absolute Gasteiger partial charge is 0.312 e. The van der Waals surface area contributed by atoms with Crippen LogP contribution in [-0.2, 0) is 6.42 Å². The molecule has 0 spiro atoms. The lowest BCUT2D eigenvalue weighted by Crippen LogP contribution is -2.40. The zero-order valence-corrected chi connectivity index (χ0v) is 14.1. The number of hydrogen-bond acceptors (Lipinski definition) is 1. The highest BCUT2D eigenvalue weighted by Gasteiger charge is 2.18. The molecule has 0 aliphatic rings. The molecule has 108 valence electrons. The van der Waals surface area contributed by atoms with Crippen LogP contribution in [0.15, 0.2) is 22.7 Å². The van der Waals surface area contributed by atoms with E-state index < -0.39 is 0 Å². The zero-order chi connectivity index (χ0) is 14.6. The lowest BCUT2D eigenvalue weighted by atomic mass is 9.88. The molecule has 1 aromatic carbocycles. The highest BCUT2D eigenvalue weighted by Crippen LogP contribution is 2.24. The molecule has 3 heteroatoms. The minimum atomic E-state index is -0.163. The molecule has 19 heavy (non-hydrogen) atoms. The van der Waals surface area contributed by atoms with Crippen LogP contribution in [0, 0.1) is 17.7 Å². The van der Waals surface area contributed by atoms with Gasteiger partial charge in [0, 0.05) is 10.0 Å². The van der Waals surface area contributed by atoms with Crippen LogP contribution in [0.1, 0.15) is 40.2 Å². The van der Waals surface area contributed by atoms with Crippen molar-refractivity contribution in [3.05, 3.63) is 34.1 Å². The fourth-order valence-corrected chi connectivity index (χ4v) is 2.37. The Labute approximate surface area is 125 Å². The molecular weight excluding hydrogens is 305 g/mol. The van der Waals surface area contributed by atoms with Crippen LogP contribution < -0.4 is 5.32 Å². The fourth-order valence-electron chi connectivity index (χ4n) is 1.96. The molecule has 0 heterocycles. The quantitative estimate of drug-likeness (QED) is 0.818. The standard InChI is InChI=1S/C16H25BrFN/c1-11(2)13(10-19-16(3,4)5)8-12-9-14(18)6-7-15(12)17/h6-7,9,11,13,19H,8,10H2,1-5H3. The van der Waals surface area contributed by atoms with Crippen LogP contribution in [0.3, 0.4) is 0 Å². The van der Waals surface area contributed by atoms with Crippen molar-refractivity contribution in [1.82, 2.24) is 5.32 Å². The van der Waals surface area contributed by atoms with E-state index in [2.05, 4.69) is 55.9 Å². The molecule has 0 radical (unpaired) electrons. The maximum atomic E-state index is 13.3. The number of rotatable bonds is 5. The molecule has 1 aromatic rings. The Morgan fingerprint density at radius 3 is 2.42 bits per heavy atom. The molecule has 0 aliphatic carbocycles. The van der Waals surface area contributed by atoms with E-state index in [9.17, 15) is 4.39 Å². The summed E-state index contributed by atoms with van der Waals surface area (Å²) in [6.07, 6.45) is 0.888. The van der Waals surface area contributed by atoms with Crippen molar-refractivity contribution in [2.45, 2.75) is 46.6 Å². The molecule has 1 N–H and O–H groups in total. The van der Waals surface area contributed by atoms with Crippen LogP contribution in [-0.4, -0.2) is 12.1 Å². The van der Waals surface area contributed by atoms with Gasteiger partial charge in [0.15, 0.2) is 0 Å². The van der Waals surface area contributed by atoms with Crippen molar-refractivity contribution in [3.8, 4) is 0 Å². The SMILES string of the molecule is CC(C)C(CNC(C)(C)C)Cc1cc(F)ccc1Br. The normalized spacial score (nSPS) is 13.9. The minimum Gasteiger partial charge on any atom is -0.312 e. The van der Waals surface area contributed by atoms with Gasteiger partial charge >= 0.3 is 0 Å². The molecule has 0 amide bonds. The van der Waals surface area contributed by atoms with Crippen LogP contribution in [0.25, 0.3) is 0 Å². The second-order valence-corrected chi connectivity index (χ2v) is 7.43. The van der Waals surface area contributed by atoms with E-state index in [4.69, 9.17) is 0 Å². The molecule has 1 unspecified atom stereocenters. The summed E-state index contributed by atoms with van der Waals surface area (Å²) in [7, 11) is 0. The molecule has 0 fully saturated rings.